The zero-order valence-electron chi connectivity index (χ0n) is 8.37. The van der Waals surface area contributed by atoms with Crippen molar-refractivity contribution in [2.75, 3.05) is 11.9 Å². The molecule has 3 heteroatoms. The standard InChI is InChI=1S/C11H14BrNO/c1-7-11(14)5-8-3-4-9(12)6-10(8)13(7)2/h3-4,6-7,11,14H,5H2,1-2H3. The zero-order valence-corrected chi connectivity index (χ0v) is 9.95. The van der Waals surface area contributed by atoms with E-state index in [1.165, 1.54) is 11.3 Å². The van der Waals surface area contributed by atoms with Gasteiger partial charge in [-0.1, -0.05) is 22.0 Å². The Morgan fingerprint density at radius 2 is 2.21 bits per heavy atom. The number of rotatable bonds is 0. The monoisotopic (exact) mass is 255 g/mol. The van der Waals surface area contributed by atoms with Gasteiger partial charge in [0.25, 0.3) is 0 Å². The summed E-state index contributed by atoms with van der Waals surface area (Å²) in [6.45, 7) is 2.05. The van der Waals surface area contributed by atoms with E-state index in [1.54, 1.807) is 0 Å². The van der Waals surface area contributed by atoms with E-state index in [1.807, 2.05) is 13.1 Å². The maximum Gasteiger partial charge on any atom is 0.0781 e. The molecular formula is C11H14BrNO. The van der Waals surface area contributed by atoms with Gasteiger partial charge in [-0.05, 0) is 24.6 Å². The van der Waals surface area contributed by atoms with Crippen LogP contribution in [-0.4, -0.2) is 24.3 Å². The van der Waals surface area contributed by atoms with E-state index in [9.17, 15) is 5.11 Å². The number of benzene rings is 1. The van der Waals surface area contributed by atoms with Crippen LogP contribution in [0.15, 0.2) is 22.7 Å². The molecule has 2 unspecified atom stereocenters. The summed E-state index contributed by atoms with van der Waals surface area (Å²) in [5.74, 6) is 0. The molecule has 2 rings (SSSR count). The molecule has 1 aliphatic rings. The Morgan fingerprint density at radius 1 is 1.50 bits per heavy atom. The fourth-order valence-electron chi connectivity index (χ4n) is 1.91. The molecule has 1 heterocycles. The number of aliphatic hydroxyl groups excluding tert-OH is 1. The lowest BCUT2D eigenvalue weighted by atomic mass is 9.95. The molecule has 2 atom stereocenters. The molecule has 0 spiro atoms. The van der Waals surface area contributed by atoms with Crippen molar-refractivity contribution >= 4 is 21.6 Å². The summed E-state index contributed by atoms with van der Waals surface area (Å²) >= 11 is 3.46. The van der Waals surface area contributed by atoms with Gasteiger partial charge in [0.05, 0.1) is 12.1 Å². The molecule has 0 amide bonds. The number of hydrogen-bond donors (Lipinski definition) is 1. The fourth-order valence-corrected chi connectivity index (χ4v) is 2.26. The summed E-state index contributed by atoms with van der Waals surface area (Å²) in [7, 11) is 2.03. The van der Waals surface area contributed by atoms with Crippen LogP contribution in [0, 0.1) is 0 Å². The summed E-state index contributed by atoms with van der Waals surface area (Å²) < 4.78 is 1.09. The third-order valence-electron chi connectivity index (χ3n) is 3.02. The molecule has 0 fully saturated rings. The largest absolute Gasteiger partial charge is 0.391 e. The molecule has 14 heavy (non-hydrogen) atoms. The smallest absolute Gasteiger partial charge is 0.0781 e. The number of anilines is 1. The molecule has 1 aromatic rings. The number of fused-ring (bicyclic) bond motifs is 1. The second-order valence-corrected chi connectivity index (χ2v) is 4.81. The Kier molecular flexibility index (Phi) is 2.54. The van der Waals surface area contributed by atoms with Gasteiger partial charge in [-0.3, -0.25) is 0 Å². The highest BCUT2D eigenvalue weighted by molar-refractivity contribution is 9.10. The highest BCUT2D eigenvalue weighted by Gasteiger charge is 2.27. The van der Waals surface area contributed by atoms with Crippen LogP contribution >= 0.6 is 15.9 Å². The third kappa shape index (κ3) is 1.55. The average molecular weight is 256 g/mol. The maximum atomic E-state index is 9.81. The van der Waals surface area contributed by atoms with Crippen LogP contribution in [0.3, 0.4) is 0 Å². The van der Waals surface area contributed by atoms with E-state index < -0.39 is 0 Å². The van der Waals surface area contributed by atoms with Crippen molar-refractivity contribution in [2.24, 2.45) is 0 Å². The van der Waals surface area contributed by atoms with Gasteiger partial charge in [-0.25, -0.2) is 0 Å². The Balaban J connectivity index is 2.46. The van der Waals surface area contributed by atoms with Crippen LogP contribution in [0.25, 0.3) is 0 Å². The van der Waals surface area contributed by atoms with Gasteiger partial charge in [-0.2, -0.15) is 0 Å². The molecule has 0 aromatic heterocycles. The lowest BCUT2D eigenvalue weighted by Gasteiger charge is -2.37. The van der Waals surface area contributed by atoms with Crippen molar-refractivity contribution < 1.29 is 5.11 Å². The normalized spacial score (nSPS) is 26.1. The van der Waals surface area contributed by atoms with Gasteiger partial charge in [0.15, 0.2) is 0 Å². The molecule has 1 N–H and O–H groups in total. The Labute approximate surface area is 92.7 Å². The van der Waals surface area contributed by atoms with Crippen molar-refractivity contribution in [3.05, 3.63) is 28.2 Å². The van der Waals surface area contributed by atoms with Gasteiger partial charge in [-0.15, -0.1) is 0 Å². The summed E-state index contributed by atoms with van der Waals surface area (Å²) in [4.78, 5) is 2.13. The molecule has 0 radical (unpaired) electrons. The number of halogens is 1. The van der Waals surface area contributed by atoms with Gasteiger partial charge < -0.3 is 10.0 Å². The predicted molar refractivity (Wildman–Crippen MR) is 61.7 cm³/mol. The van der Waals surface area contributed by atoms with Crippen molar-refractivity contribution in [2.45, 2.75) is 25.5 Å². The van der Waals surface area contributed by atoms with Crippen molar-refractivity contribution in [3.63, 3.8) is 0 Å². The summed E-state index contributed by atoms with van der Waals surface area (Å²) in [6, 6.07) is 6.40. The molecule has 0 bridgehead atoms. The van der Waals surface area contributed by atoms with E-state index in [4.69, 9.17) is 0 Å². The van der Waals surface area contributed by atoms with E-state index >= 15 is 0 Å². The Bertz CT molecular complexity index is 353. The summed E-state index contributed by atoms with van der Waals surface area (Å²) in [6.07, 6.45) is 0.502. The second kappa shape index (κ2) is 3.55. The van der Waals surface area contributed by atoms with Crippen LogP contribution in [-0.2, 0) is 6.42 Å². The van der Waals surface area contributed by atoms with E-state index in [2.05, 4.69) is 39.9 Å². The summed E-state index contributed by atoms with van der Waals surface area (Å²) in [5, 5.41) is 9.81. The van der Waals surface area contributed by atoms with Gasteiger partial charge in [0.2, 0.25) is 0 Å². The summed E-state index contributed by atoms with van der Waals surface area (Å²) in [5.41, 5.74) is 2.44. The second-order valence-electron chi connectivity index (χ2n) is 3.90. The quantitative estimate of drug-likeness (QED) is 0.769. The van der Waals surface area contributed by atoms with Crippen LogP contribution in [0.5, 0.6) is 0 Å². The lowest BCUT2D eigenvalue weighted by molar-refractivity contribution is 0.143. The first-order valence-electron chi connectivity index (χ1n) is 4.79. The molecule has 0 aliphatic carbocycles. The first kappa shape index (κ1) is 9.99. The highest BCUT2D eigenvalue weighted by Crippen LogP contribution is 2.31. The van der Waals surface area contributed by atoms with Gasteiger partial charge >= 0.3 is 0 Å². The minimum Gasteiger partial charge on any atom is -0.391 e. The molecule has 2 nitrogen and oxygen atoms in total. The molecule has 76 valence electrons. The van der Waals surface area contributed by atoms with Crippen LogP contribution < -0.4 is 4.90 Å². The van der Waals surface area contributed by atoms with E-state index in [0.717, 1.165) is 10.9 Å². The third-order valence-corrected chi connectivity index (χ3v) is 3.52. The average Bonchev–Trinajstić information content (AvgIpc) is 2.16. The van der Waals surface area contributed by atoms with Crippen LogP contribution in [0.1, 0.15) is 12.5 Å². The predicted octanol–water partition coefficient (Wildman–Crippen LogP) is 2.19. The van der Waals surface area contributed by atoms with E-state index in [-0.39, 0.29) is 12.1 Å². The Hall–Kier alpha value is -0.540. The highest BCUT2D eigenvalue weighted by atomic mass is 79.9. The van der Waals surface area contributed by atoms with Crippen LogP contribution in [0.4, 0.5) is 5.69 Å². The number of likely N-dealkylation sites (N-methyl/N-ethyl adjacent to an activating group) is 1. The number of aliphatic hydroxyl groups is 1. The fraction of sp³-hybridized carbons (Fsp3) is 0.455. The minimum atomic E-state index is -0.256. The topological polar surface area (TPSA) is 23.5 Å². The van der Waals surface area contributed by atoms with Gasteiger partial charge in [0, 0.05) is 23.6 Å². The molecule has 1 aromatic carbocycles. The number of hydrogen-bond acceptors (Lipinski definition) is 2. The van der Waals surface area contributed by atoms with Gasteiger partial charge in [0.1, 0.15) is 0 Å². The first-order chi connectivity index (χ1) is 6.59. The van der Waals surface area contributed by atoms with Crippen molar-refractivity contribution in [3.8, 4) is 0 Å². The number of nitrogens with zero attached hydrogens (tertiary/aromatic N) is 1. The molecule has 0 saturated heterocycles. The Morgan fingerprint density at radius 3 is 2.93 bits per heavy atom. The maximum absolute atomic E-state index is 9.81. The zero-order chi connectivity index (χ0) is 10.3. The molecule has 0 saturated carbocycles. The SMILES string of the molecule is CC1C(O)Cc2ccc(Br)cc2N1C. The molecular weight excluding hydrogens is 242 g/mol. The van der Waals surface area contributed by atoms with Crippen LogP contribution in [0.2, 0.25) is 0 Å². The molecule has 1 aliphatic heterocycles. The first-order valence-corrected chi connectivity index (χ1v) is 5.58. The van der Waals surface area contributed by atoms with Crippen molar-refractivity contribution in [1.29, 1.82) is 0 Å². The minimum absolute atomic E-state index is 0.191. The lowest BCUT2D eigenvalue weighted by Crippen LogP contribution is -2.44. The van der Waals surface area contributed by atoms with Crippen molar-refractivity contribution in [1.82, 2.24) is 0 Å². The van der Waals surface area contributed by atoms with E-state index in [0.29, 0.717) is 0 Å².